The van der Waals surface area contributed by atoms with Gasteiger partial charge in [-0.15, -0.1) is 11.3 Å². The summed E-state index contributed by atoms with van der Waals surface area (Å²) in [7, 11) is 0. The first-order valence-electron chi connectivity index (χ1n) is 5.63. The minimum Gasteiger partial charge on any atom is -0.374 e. The van der Waals surface area contributed by atoms with E-state index in [1.165, 1.54) is 12.1 Å². The minimum absolute atomic E-state index is 0.0178. The maximum absolute atomic E-state index is 13.4. The van der Waals surface area contributed by atoms with Crippen LogP contribution in [-0.2, 0) is 11.3 Å². The molecular formula is C13H12ClFN2OS. The standard InChI is InChI=1S/C13H12ClFN2OS/c14-9-3-4-12(11(15)6-9)16-8-13(18)17-7-10-2-1-5-19-10/h1-6,16H,7-8H2,(H,17,18). The summed E-state index contributed by atoms with van der Waals surface area (Å²) in [5, 5.41) is 7.75. The highest BCUT2D eigenvalue weighted by Crippen LogP contribution is 2.18. The largest absolute Gasteiger partial charge is 0.374 e. The molecule has 0 aliphatic carbocycles. The normalized spacial score (nSPS) is 10.2. The van der Waals surface area contributed by atoms with E-state index in [1.54, 1.807) is 17.4 Å². The van der Waals surface area contributed by atoms with Gasteiger partial charge in [0, 0.05) is 9.90 Å². The number of thiophene rings is 1. The van der Waals surface area contributed by atoms with Gasteiger partial charge < -0.3 is 10.6 Å². The molecule has 0 aliphatic rings. The molecule has 6 heteroatoms. The van der Waals surface area contributed by atoms with Gasteiger partial charge >= 0.3 is 0 Å². The van der Waals surface area contributed by atoms with Crippen LogP contribution in [0.25, 0.3) is 0 Å². The highest BCUT2D eigenvalue weighted by atomic mass is 35.5. The summed E-state index contributed by atoms with van der Waals surface area (Å²) in [5.41, 5.74) is 0.260. The van der Waals surface area contributed by atoms with E-state index >= 15 is 0 Å². The molecule has 1 amide bonds. The fourth-order valence-corrected chi connectivity index (χ4v) is 2.27. The molecule has 0 radical (unpaired) electrons. The number of rotatable bonds is 5. The van der Waals surface area contributed by atoms with Crippen LogP contribution >= 0.6 is 22.9 Å². The summed E-state index contributed by atoms with van der Waals surface area (Å²) in [4.78, 5) is 12.6. The van der Waals surface area contributed by atoms with E-state index in [4.69, 9.17) is 11.6 Å². The SMILES string of the molecule is O=C(CNc1ccc(Cl)cc1F)NCc1cccs1. The number of nitrogens with one attached hydrogen (secondary N) is 2. The van der Waals surface area contributed by atoms with Crippen molar-refractivity contribution >= 4 is 34.5 Å². The third kappa shape index (κ3) is 4.22. The van der Waals surface area contributed by atoms with Gasteiger partial charge in [-0.1, -0.05) is 17.7 Å². The molecule has 0 fully saturated rings. The predicted molar refractivity (Wildman–Crippen MR) is 76.1 cm³/mol. The number of halogens is 2. The van der Waals surface area contributed by atoms with Crippen molar-refractivity contribution in [3.63, 3.8) is 0 Å². The summed E-state index contributed by atoms with van der Waals surface area (Å²) in [6, 6.07) is 8.14. The van der Waals surface area contributed by atoms with Crippen LogP contribution < -0.4 is 10.6 Å². The summed E-state index contributed by atoms with van der Waals surface area (Å²) < 4.78 is 13.4. The van der Waals surface area contributed by atoms with E-state index in [-0.39, 0.29) is 18.1 Å². The molecule has 0 aliphatic heterocycles. The molecule has 0 spiro atoms. The zero-order chi connectivity index (χ0) is 13.7. The summed E-state index contributed by atoms with van der Waals surface area (Å²) >= 11 is 7.21. The van der Waals surface area contributed by atoms with Crippen LogP contribution in [0.4, 0.5) is 10.1 Å². The van der Waals surface area contributed by atoms with Gasteiger partial charge in [-0.3, -0.25) is 4.79 Å². The van der Waals surface area contributed by atoms with E-state index in [0.29, 0.717) is 11.6 Å². The summed E-state index contributed by atoms with van der Waals surface area (Å²) in [6.45, 7) is 0.505. The second kappa shape index (κ2) is 6.54. The van der Waals surface area contributed by atoms with Crippen LogP contribution in [0.2, 0.25) is 5.02 Å². The molecule has 0 bridgehead atoms. The first-order chi connectivity index (χ1) is 9.15. The van der Waals surface area contributed by atoms with E-state index < -0.39 is 5.82 Å². The third-order valence-corrected chi connectivity index (χ3v) is 3.52. The van der Waals surface area contributed by atoms with Crippen molar-refractivity contribution in [2.24, 2.45) is 0 Å². The number of anilines is 1. The Morgan fingerprint density at radius 3 is 2.89 bits per heavy atom. The molecule has 0 unspecified atom stereocenters. The lowest BCUT2D eigenvalue weighted by atomic mass is 10.3. The molecule has 1 heterocycles. The number of hydrogen-bond donors (Lipinski definition) is 2. The monoisotopic (exact) mass is 298 g/mol. The Balaban J connectivity index is 1.80. The molecule has 2 N–H and O–H groups in total. The lowest BCUT2D eigenvalue weighted by Gasteiger charge is -2.08. The maximum Gasteiger partial charge on any atom is 0.239 e. The highest BCUT2D eigenvalue weighted by molar-refractivity contribution is 7.09. The van der Waals surface area contributed by atoms with E-state index in [9.17, 15) is 9.18 Å². The maximum atomic E-state index is 13.4. The Bertz CT molecular complexity index is 560. The number of amides is 1. The topological polar surface area (TPSA) is 41.1 Å². The van der Waals surface area contributed by atoms with Crippen LogP contribution in [0.1, 0.15) is 4.88 Å². The van der Waals surface area contributed by atoms with Crippen LogP contribution in [0.15, 0.2) is 35.7 Å². The molecule has 0 saturated heterocycles. The van der Waals surface area contributed by atoms with E-state index in [1.807, 2.05) is 17.5 Å². The molecule has 19 heavy (non-hydrogen) atoms. The van der Waals surface area contributed by atoms with Gasteiger partial charge in [0.05, 0.1) is 18.8 Å². The average Bonchev–Trinajstić information content (AvgIpc) is 2.88. The highest BCUT2D eigenvalue weighted by Gasteiger charge is 2.05. The Morgan fingerprint density at radius 1 is 1.37 bits per heavy atom. The lowest BCUT2D eigenvalue weighted by molar-refractivity contribution is -0.119. The predicted octanol–water partition coefficient (Wildman–Crippen LogP) is 3.27. The molecule has 1 aromatic heterocycles. The third-order valence-electron chi connectivity index (χ3n) is 2.41. The van der Waals surface area contributed by atoms with Gasteiger partial charge in [0.15, 0.2) is 0 Å². The van der Waals surface area contributed by atoms with Crippen molar-refractivity contribution in [1.29, 1.82) is 0 Å². The zero-order valence-corrected chi connectivity index (χ0v) is 11.5. The van der Waals surface area contributed by atoms with Crippen molar-refractivity contribution < 1.29 is 9.18 Å². The molecule has 1 aromatic carbocycles. The quantitative estimate of drug-likeness (QED) is 0.889. The number of carbonyl (C=O) groups is 1. The number of hydrogen-bond acceptors (Lipinski definition) is 3. The van der Waals surface area contributed by atoms with Crippen molar-refractivity contribution in [1.82, 2.24) is 5.32 Å². The van der Waals surface area contributed by atoms with Gasteiger partial charge in [0.2, 0.25) is 5.91 Å². The minimum atomic E-state index is -0.474. The van der Waals surface area contributed by atoms with E-state index in [0.717, 1.165) is 4.88 Å². The Labute approximate surface area is 119 Å². The van der Waals surface area contributed by atoms with Crippen LogP contribution in [-0.4, -0.2) is 12.5 Å². The van der Waals surface area contributed by atoms with Crippen LogP contribution in [0, 0.1) is 5.82 Å². The molecule has 2 aromatic rings. The van der Waals surface area contributed by atoms with E-state index in [2.05, 4.69) is 10.6 Å². The fourth-order valence-electron chi connectivity index (χ4n) is 1.47. The zero-order valence-electron chi connectivity index (χ0n) is 9.95. The van der Waals surface area contributed by atoms with Gasteiger partial charge in [0.25, 0.3) is 0 Å². The van der Waals surface area contributed by atoms with Crippen molar-refractivity contribution in [3.05, 3.63) is 51.4 Å². The lowest BCUT2D eigenvalue weighted by Crippen LogP contribution is -2.29. The fraction of sp³-hybridized carbons (Fsp3) is 0.154. The second-order valence-corrected chi connectivity index (χ2v) is 5.30. The number of benzene rings is 1. The smallest absolute Gasteiger partial charge is 0.239 e. The van der Waals surface area contributed by atoms with Crippen LogP contribution in [0.3, 0.4) is 0 Å². The van der Waals surface area contributed by atoms with Crippen molar-refractivity contribution in [2.75, 3.05) is 11.9 Å². The number of carbonyl (C=O) groups excluding carboxylic acids is 1. The molecule has 0 saturated carbocycles. The Kier molecular flexibility index (Phi) is 4.76. The van der Waals surface area contributed by atoms with Gasteiger partial charge in [-0.2, -0.15) is 0 Å². The molecule has 3 nitrogen and oxygen atoms in total. The van der Waals surface area contributed by atoms with Gasteiger partial charge in [-0.25, -0.2) is 4.39 Å². The summed E-state index contributed by atoms with van der Waals surface area (Å²) in [6.07, 6.45) is 0. The average molecular weight is 299 g/mol. The molecule has 0 atom stereocenters. The molecule has 2 rings (SSSR count). The molecule has 100 valence electrons. The van der Waals surface area contributed by atoms with Crippen molar-refractivity contribution in [3.8, 4) is 0 Å². The van der Waals surface area contributed by atoms with Crippen LogP contribution in [0.5, 0.6) is 0 Å². The summed E-state index contributed by atoms with van der Waals surface area (Å²) in [5.74, 6) is -0.665. The Hall–Kier alpha value is -1.59. The van der Waals surface area contributed by atoms with Gasteiger partial charge in [0.1, 0.15) is 5.82 Å². The first kappa shape index (κ1) is 13.8. The molecular weight excluding hydrogens is 287 g/mol. The van der Waals surface area contributed by atoms with Gasteiger partial charge in [-0.05, 0) is 29.6 Å². The second-order valence-electron chi connectivity index (χ2n) is 3.83. The Morgan fingerprint density at radius 2 is 2.21 bits per heavy atom. The first-order valence-corrected chi connectivity index (χ1v) is 6.89. The van der Waals surface area contributed by atoms with Crippen molar-refractivity contribution in [2.45, 2.75) is 6.54 Å².